The normalized spacial score (nSPS) is 39.3. The fourth-order valence-corrected chi connectivity index (χ4v) is 2.67. The maximum absolute atomic E-state index is 5.68. The van der Waals surface area contributed by atoms with Gasteiger partial charge in [0.25, 0.3) is 0 Å². The van der Waals surface area contributed by atoms with Crippen LogP contribution in [0.2, 0.25) is 0 Å². The summed E-state index contributed by atoms with van der Waals surface area (Å²) in [7, 11) is 0. The molecule has 0 atom stereocenters. The predicted octanol–water partition coefficient (Wildman–Crippen LogP) is 1.87. The second-order valence-corrected chi connectivity index (χ2v) is 4.55. The lowest BCUT2D eigenvalue weighted by atomic mass is 9.73. The van der Waals surface area contributed by atoms with Gasteiger partial charge >= 0.3 is 0 Å². The first-order valence-corrected chi connectivity index (χ1v) is 5.24. The van der Waals surface area contributed by atoms with Crippen LogP contribution in [0.3, 0.4) is 0 Å². The molecule has 0 aromatic heterocycles. The highest BCUT2D eigenvalue weighted by Gasteiger charge is 2.41. The summed E-state index contributed by atoms with van der Waals surface area (Å²) >= 11 is 1.95. The molecule has 60 valence electrons. The monoisotopic (exact) mass is 159 g/mol. The SMILES string of the molecule is CCC1CC(CN)(SC)C1. The third-order valence-corrected chi connectivity index (χ3v) is 4.07. The molecule has 1 aliphatic rings. The molecule has 1 rings (SSSR count). The van der Waals surface area contributed by atoms with Crippen molar-refractivity contribution in [3.05, 3.63) is 0 Å². The van der Waals surface area contributed by atoms with E-state index >= 15 is 0 Å². The van der Waals surface area contributed by atoms with E-state index in [0.29, 0.717) is 4.75 Å². The van der Waals surface area contributed by atoms with Crippen LogP contribution in [0, 0.1) is 5.92 Å². The number of hydrogen-bond acceptors (Lipinski definition) is 2. The Bertz CT molecular complexity index is 102. The zero-order valence-electron chi connectivity index (χ0n) is 6.89. The van der Waals surface area contributed by atoms with E-state index < -0.39 is 0 Å². The van der Waals surface area contributed by atoms with E-state index in [1.807, 2.05) is 11.8 Å². The Labute approximate surface area is 67.8 Å². The van der Waals surface area contributed by atoms with Gasteiger partial charge in [-0.05, 0) is 25.0 Å². The van der Waals surface area contributed by atoms with Crippen LogP contribution in [-0.4, -0.2) is 17.5 Å². The average molecular weight is 159 g/mol. The molecule has 0 aromatic carbocycles. The molecule has 0 spiro atoms. The van der Waals surface area contributed by atoms with Crippen LogP contribution in [0.15, 0.2) is 0 Å². The summed E-state index contributed by atoms with van der Waals surface area (Å²) in [6.45, 7) is 3.14. The van der Waals surface area contributed by atoms with Gasteiger partial charge < -0.3 is 5.73 Å². The van der Waals surface area contributed by atoms with Gasteiger partial charge in [0.2, 0.25) is 0 Å². The van der Waals surface area contributed by atoms with Gasteiger partial charge in [-0.1, -0.05) is 13.3 Å². The first kappa shape index (κ1) is 8.41. The molecule has 0 amide bonds. The molecular weight excluding hydrogens is 142 g/mol. The maximum Gasteiger partial charge on any atom is 0.0284 e. The summed E-state index contributed by atoms with van der Waals surface area (Å²) in [4.78, 5) is 0. The standard InChI is InChI=1S/C8H17NS/c1-3-7-4-8(5-7,6-9)10-2/h7H,3-6,9H2,1-2H3. The van der Waals surface area contributed by atoms with Gasteiger partial charge in [-0.3, -0.25) is 0 Å². The molecular formula is C8H17NS. The number of thioether (sulfide) groups is 1. The first-order chi connectivity index (χ1) is 4.76. The van der Waals surface area contributed by atoms with Crippen LogP contribution in [0.5, 0.6) is 0 Å². The van der Waals surface area contributed by atoms with E-state index in [1.54, 1.807) is 0 Å². The van der Waals surface area contributed by atoms with Crippen LogP contribution in [-0.2, 0) is 0 Å². The molecule has 0 unspecified atom stereocenters. The van der Waals surface area contributed by atoms with Crippen molar-refractivity contribution in [2.75, 3.05) is 12.8 Å². The van der Waals surface area contributed by atoms with Crippen molar-refractivity contribution in [1.82, 2.24) is 0 Å². The zero-order chi connectivity index (χ0) is 7.61. The smallest absolute Gasteiger partial charge is 0.0284 e. The van der Waals surface area contributed by atoms with Crippen LogP contribution in [0.25, 0.3) is 0 Å². The van der Waals surface area contributed by atoms with Crippen molar-refractivity contribution >= 4 is 11.8 Å². The molecule has 1 aliphatic carbocycles. The van der Waals surface area contributed by atoms with E-state index in [-0.39, 0.29) is 0 Å². The van der Waals surface area contributed by atoms with Crippen molar-refractivity contribution in [3.8, 4) is 0 Å². The van der Waals surface area contributed by atoms with Crippen molar-refractivity contribution in [3.63, 3.8) is 0 Å². The molecule has 0 bridgehead atoms. The third kappa shape index (κ3) is 1.32. The van der Waals surface area contributed by atoms with Gasteiger partial charge in [-0.15, -0.1) is 0 Å². The Morgan fingerprint density at radius 3 is 2.50 bits per heavy atom. The van der Waals surface area contributed by atoms with Gasteiger partial charge in [0.05, 0.1) is 0 Å². The topological polar surface area (TPSA) is 26.0 Å². The minimum Gasteiger partial charge on any atom is -0.329 e. The quantitative estimate of drug-likeness (QED) is 0.680. The molecule has 0 heterocycles. The largest absolute Gasteiger partial charge is 0.329 e. The maximum atomic E-state index is 5.68. The highest BCUT2D eigenvalue weighted by molar-refractivity contribution is 8.00. The molecule has 2 N–H and O–H groups in total. The highest BCUT2D eigenvalue weighted by atomic mass is 32.2. The molecule has 0 saturated heterocycles. The Balaban J connectivity index is 2.31. The van der Waals surface area contributed by atoms with Crippen molar-refractivity contribution in [2.45, 2.75) is 30.9 Å². The molecule has 1 nitrogen and oxygen atoms in total. The number of hydrogen-bond donors (Lipinski definition) is 1. The second-order valence-electron chi connectivity index (χ2n) is 3.27. The molecule has 0 aromatic rings. The highest BCUT2D eigenvalue weighted by Crippen LogP contribution is 2.47. The predicted molar refractivity (Wildman–Crippen MR) is 48.3 cm³/mol. The Hall–Kier alpha value is 0.310. The van der Waals surface area contributed by atoms with Crippen molar-refractivity contribution in [1.29, 1.82) is 0 Å². The molecule has 1 fully saturated rings. The Morgan fingerprint density at radius 1 is 1.60 bits per heavy atom. The van der Waals surface area contributed by atoms with Gasteiger partial charge in [-0.2, -0.15) is 11.8 Å². The van der Waals surface area contributed by atoms with Crippen LogP contribution < -0.4 is 5.73 Å². The van der Waals surface area contributed by atoms with E-state index in [0.717, 1.165) is 12.5 Å². The number of nitrogens with two attached hydrogens (primary N) is 1. The van der Waals surface area contributed by atoms with E-state index in [2.05, 4.69) is 13.2 Å². The van der Waals surface area contributed by atoms with Gasteiger partial charge in [-0.25, -0.2) is 0 Å². The minimum absolute atomic E-state index is 0.473. The average Bonchev–Trinajstić information content (AvgIpc) is 1.89. The van der Waals surface area contributed by atoms with Gasteiger partial charge in [0.1, 0.15) is 0 Å². The van der Waals surface area contributed by atoms with Crippen molar-refractivity contribution < 1.29 is 0 Å². The lowest BCUT2D eigenvalue weighted by Crippen LogP contribution is -2.46. The molecule has 0 aliphatic heterocycles. The van der Waals surface area contributed by atoms with E-state index in [1.165, 1.54) is 19.3 Å². The summed E-state index contributed by atoms with van der Waals surface area (Å²) in [5.41, 5.74) is 5.68. The summed E-state index contributed by atoms with van der Waals surface area (Å²) in [5.74, 6) is 0.969. The van der Waals surface area contributed by atoms with Gasteiger partial charge in [0, 0.05) is 11.3 Å². The zero-order valence-corrected chi connectivity index (χ0v) is 7.71. The van der Waals surface area contributed by atoms with Gasteiger partial charge in [0.15, 0.2) is 0 Å². The Kier molecular flexibility index (Phi) is 2.64. The molecule has 2 heteroatoms. The second kappa shape index (κ2) is 3.14. The molecule has 1 saturated carbocycles. The minimum atomic E-state index is 0.473. The fraction of sp³-hybridized carbons (Fsp3) is 1.00. The lowest BCUT2D eigenvalue weighted by molar-refractivity contribution is 0.229. The summed E-state index contributed by atoms with van der Waals surface area (Å²) in [6, 6.07) is 0. The molecule has 10 heavy (non-hydrogen) atoms. The third-order valence-electron chi connectivity index (χ3n) is 2.70. The van der Waals surface area contributed by atoms with E-state index in [4.69, 9.17) is 5.73 Å². The first-order valence-electron chi connectivity index (χ1n) is 4.01. The van der Waals surface area contributed by atoms with Crippen LogP contribution in [0.4, 0.5) is 0 Å². The van der Waals surface area contributed by atoms with Crippen LogP contribution in [0.1, 0.15) is 26.2 Å². The van der Waals surface area contributed by atoms with Crippen molar-refractivity contribution in [2.24, 2.45) is 11.7 Å². The summed E-state index contributed by atoms with van der Waals surface area (Å²) < 4.78 is 0.473. The fourth-order valence-electron chi connectivity index (χ4n) is 1.70. The number of rotatable bonds is 3. The van der Waals surface area contributed by atoms with E-state index in [9.17, 15) is 0 Å². The lowest BCUT2D eigenvalue weighted by Gasteiger charge is -2.45. The Morgan fingerprint density at radius 2 is 2.20 bits per heavy atom. The molecule has 0 radical (unpaired) electrons. The summed E-state index contributed by atoms with van der Waals surface area (Å²) in [5, 5.41) is 0. The van der Waals surface area contributed by atoms with Crippen LogP contribution >= 0.6 is 11.8 Å². The summed E-state index contributed by atoms with van der Waals surface area (Å²) in [6.07, 6.45) is 6.21.